The second kappa shape index (κ2) is 16.0. The molecule has 322 valence electrons. The van der Waals surface area contributed by atoms with Crippen molar-refractivity contribution < 1.29 is 67.2 Å². The number of ether oxygens (including phenoxy) is 10. The average molecular weight is 861 g/mol. The first-order valence-electron chi connectivity index (χ1n) is 19.7. The van der Waals surface area contributed by atoms with E-state index in [0.717, 1.165) is 40.8 Å². The van der Waals surface area contributed by atoms with E-state index in [9.17, 15) is 19.8 Å². The van der Waals surface area contributed by atoms with Crippen LogP contribution < -0.4 is 37.9 Å². The number of carbonyl (C=O) groups excluding carboxylic acids is 2. The fourth-order valence-corrected chi connectivity index (χ4v) is 10.0. The third-order valence-corrected chi connectivity index (χ3v) is 12.8. The van der Waals surface area contributed by atoms with Crippen LogP contribution in [0.5, 0.6) is 46.0 Å². The normalized spacial score (nSPS) is 21.7. The molecule has 6 aliphatic heterocycles. The SMILES string of the molecule is COc1ccc2c(c1OC)C(=O)O[C@@H]2[C@H]1c2c(c(Cl)c3c(c2CO)OCO3)CCN1C.COc1ccc2c(c1OC)C(=O)O[C@@H]2[C@H]1c2c(cc3c(c2CO)OCO3)CCN1C. The van der Waals surface area contributed by atoms with Gasteiger partial charge in [0.25, 0.3) is 0 Å². The maximum atomic E-state index is 12.9. The van der Waals surface area contributed by atoms with Gasteiger partial charge in [0.2, 0.25) is 13.6 Å². The van der Waals surface area contributed by atoms with Crippen molar-refractivity contribution in [3.63, 3.8) is 0 Å². The van der Waals surface area contributed by atoms with Crippen LogP contribution in [0.2, 0.25) is 5.02 Å². The van der Waals surface area contributed by atoms with Crippen LogP contribution in [0.25, 0.3) is 0 Å². The van der Waals surface area contributed by atoms with Gasteiger partial charge in [0.15, 0.2) is 46.0 Å². The van der Waals surface area contributed by atoms with E-state index >= 15 is 0 Å². The number of halogens is 1. The van der Waals surface area contributed by atoms with Gasteiger partial charge in [-0.25, -0.2) is 9.59 Å². The fourth-order valence-electron chi connectivity index (χ4n) is 9.69. The van der Waals surface area contributed by atoms with Crippen molar-refractivity contribution in [2.45, 2.75) is 50.3 Å². The number of rotatable bonds is 8. The van der Waals surface area contributed by atoms with E-state index < -0.39 is 24.1 Å². The molecule has 0 aromatic heterocycles. The maximum absolute atomic E-state index is 12.9. The summed E-state index contributed by atoms with van der Waals surface area (Å²) < 4.78 is 55.8. The lowest BCUT2D eigenvalue weighted by Gasteiger charge is -2.39. The monoisotopic (exact) mass is 860 g/mol. The zero-order chi connectivity index (χ0) is 42.9. The highest BCUT2D eigenvalue weighted by molar-refractivity contribution is 6.33. The number of aliphatic hydroxyl groups excluding tert-OH is 2. The first-order valence-corrected chi connectivity index (χ1v) is 20.1. The number of aliphatic hydroxyl groups is 2. The van der Waals surface area contributed by atoms with Gasteiger partial charge in [0, 0.05) is 35.3 Å². The molecule has 6 heterocycles. The summed E-state index contributed by atoms with van der Waals surface area (Å²) in [5, 5.41) is 20.9. The first kappa shape index (κ1) is 40.7. The summed E-state index contributed by atoms with van der Waals surface area (Å²) in [6.45, 7) is 1.19. The van der Waals surface area contributed by atoms with Gasteiger partial charge in [-0.15, -0.1) is 0 Å². The van der Waals surface area contributed by atoms with Crippen molar-refractivity contribution in [2.75, 3.05) is 69.2 Å². The van der Waals surface area contributed by atoms with Gasteiger partial charge in [-0.3, -0.25) is 9.80 Å². The smallest absolute Gasteiger partial charge is 0.343 e. The minimum absolute atomic E-state index is 0.0453. The summed E-state index contributed by atoms with van der Waals surface area (Å²) in [5.41, 5.74) is 7.14. The highest BCUT2D eigenvalue weighted by Crippen LogP contribution is 2.56. The van der Waals surface area contributed by atoms with Crippen LogP contribution in [0.3, 0.4) is 0 Å². The molecule has 0 spiro atoms. The second-order valence-corrected chi connectivity index (χ2v) is 15.6. The molecule has 0 saturated carbocycles. The Morgan fingerprint density at radius 3 is 1.74 bits per heavy atom. The maximum Gasteiger partial charge on any atom is 0.343 e. The highest BCUT2D eigenvalue weighted by atomic mass is 35.5. The summed E-state index contributed by atoms with van der Waals surface area (Å²) >= 11 is 6.69. The van der Waals surface area contributed by atoms with Crippen molar-refractivity contribution >= 4 is 23.5 Å². The molecule has 0 amide bonds. The lowest BCUT2D eigenvalue weighted by molar-refractivity contribution is 0.00816. The molecule has 16 nitrogen and oxygen atoms in total. The average Bonchev–Trinajstić information content (AvgIpc) is 4.09. The van der Waals surface area contributed by atoms with Crippen molar-refractivity contribution in [1.29, 1.82) is 0 Å². The van der Waals surface area contributed by atoms with Gasteiger partial charge in [-0.1, -0.05) is 23.7 Å². The minimum atomic E-state index is -0.618. The highest BCUT2D eigenvalue weighted by Gasteiger charge is 2.48. The molecule has 61 heavy (non-hydrogen) atoms. The quantitative estimate of drug-likeness (QED) is 0.216. The third-order valence-electron chi connectivity index (χ3n) is 12.4. The zero-order valence-electron chi connectivity index (χ0n) is 34.4. The molecule has 0 radical (unpaired) electrons. The van der Waals surface area contributed by atoms with Gasteiger partial charge in [0.05, 0.1) is 58.8 Å². The van der Waals surface area contributed by atoms with Crippen molar-refractivity contribution in [2.24, 2.45) is 0 Å². The third kappa shape index (κ3) is 6.25. The molecule has 0 unspecified atom stereocenters. The van der Waals surface area contributed by atoms with E-state index in [-0.39, 0.29) is 38.9 Å². The number of likely N-dealkylation sites (N-methyl/N-ethyl adjacent to an activating group) is 2. The second-order valence-electron chi connectivity index (χ2n) is 15.3. The Morgan fingerprint density at radius 2 is 1.18 bits per heavy atom. The van der Waals surface area contributed by atoms with Crippen molar-refractivity contribution in [3.8, 4) is 46.0 Å². The van der Waals surface area contributed by atoms with Crippen LogP contribution >= 0.6 is 11.6 Å². The van der Waals surface area contributed by atoms with Gasteiger partial charge in [-0.05, 0) is 67.4 Å². The molecule has 4 aromatic rings. The molecule has 4 aromatic carbocycles. The molecule has 0 saturated heterocycles. The Bertz CT molecular complexity index is 2460. The van der Waals surface area contributed by atoms with Crippen molar-refractivity contribution in [3.05, 3.63) is 91.0 Å². The Kier molecular flexibility index (Phi) is 10.7. The Hall–Kier alpha value is -5.65. The molecule has 0 fully saturated rings. The predicted molar refractivity (Wildman–Crippen MR) is 216 cm³/mol. The van der Waals surface area contributed by atoms with Gasteiger partial charge >= 0.3 is 11.9 Å². The first-order chi connectivity index (χ1) is 29.6. The number of hydrogen-bond donors (Lipinski definition) is 2. The largest absolute Gasteiger partial charge is 0.493 e. The summed E-state index contributed by atoms with van der Waals surface area (Å²) in [7, 11) is 10.00. The summed E-state index contributed by atoms with van der Waals surface area (Å²) in [6, 6.07) is 8.53. The molecular formula is C44H45ClN2O14. The Morgan fingerprint density at radius 1 is 0.672 bits per heavy atom. The van der Waals surface area contributed by atoms with E-state index in [0.29, 0.717) is 91.8 Å². The number of fused-ring (bicyclic) bond motifs is 6. The minimum Gasteiger partial charge on any atom is -0.493 e. The summed E-state index contributed by atoms with van der Waals surface area (Å²) in [5.74, 6) is 2.85. The molecule has 10 rings (SSSR count). The van der Waals surface area contributed by atoms with E-state index in [1.165, 1.54) is 28.4 Å². The standard InChI is InChI=1S/C22H22ClNO7.C22H23NO7/c1-24-7-6-10-14(12(8-25)19-21(16(10)23)30-9-29-19)17(24)18-11-4-5-13(27-2)20(28-3)15(11)22(26)31-18;1-23-7-6-11-8-15-19(29-10-28-15)13(9-24)16(11)18(23)20-12-4-5-14(26-2)21(27-3)17(12)22(25)30-20/h4-5,17-18,25H,6-9H2,1-3H3;4-5,8,18,20,24H,6-7,9-10H2,1-3H3/t17-,18+;18-,20+/m11/s1. The molecule has 17 heteroatoms. The summed E-state index contributed by atoms with van der Waals surface area (Å²) in [6.07, 6.45) is 0.297. The van der Waals surface area contributed by atoms with Gasteiger partial charge in [-0.2, -0.15) is 0 Å². The number of cyclic esters (lactones) is 2. The summed E-state index contributed by atoms with van der Waals surface area (Å²) in [4.78, 5) is 30.0. The number of nitrogens with zero attached hydrogens (tertiary/aromatic N) is 2. The molecular weight excluding hydrogens is 816 g/mol. The molecule has 0 aliphatic carbocycles. The van der Waals surface area contributed by atoms with E-state index in [1.807, 2.05) is 32.3 Å². The number of esters is 2. The van der Waals surface area contributed by atoms with E-state index in [4.69, 9.17) is 59.0 Å². The zero-order valence-corrected chi connectivity index (χ0v) is 35.2. The number of hydrogen-bond acceptors (Lipinski definition) is 16. The van der Waals surface area contributed by atoms with E-state index in [1.54, 1.807) is 12.1 Å². The molecule has 2 N–H and O–H groups in total. The number of methoxy groups -OCH3 is 4. The molecule has 0 bridgehead atoms. The molecule has 4 atom stereocenters. The number of benzene rings is 4. The van der Waals surface area contributed by atoms with E-state index in [2.05, 4.69) is 9.80 Å². The Labute approximate surface area is 356 Å². The fraction of sp³-hybridized carbons (Fsp3) is 0.409. The van der Waals surface area contributed by atoms with Crippen LogP contribution in [0.15, 0.2) is 30.3 Å². The van der Waals surface area contributed by atoms with Crippen LogP contribution in [-0.2, 0) is 35.5 Å². The van der Waals surface area contributed by atoms with Gasteiger partial charge < -0.3 is 57.6 Å². The Balaban J connectivity index is 0.000000156. The lowest BCUT2D eigenvalue weighted by Crippen LogP contribution is -2.37. The lowest BCUT2D eigenvalue weighted by atomic mass is 9.83. The van der Waals surface area contributed by atoms with Gasteiger partial charge in [0.1, 0.15) is 23.3 Å². The van der Waals surface area contributed by atoms with Crippen molar-refractivity contribution in [1.82, 2.24) is 9.80 Å². The predicted octanol–water partition coefficient (Wildman–Crippen LogP) is 5.38. The van der Waals surface area contributed by atoms with Crippen LogP contribution in [0.4, 0.5) is 0 Å². The molecule has 6 aliphatic rings. The van der Waals surface area contributed by atoms with Crippen LogP contribution in [0.1, 0.15) is 89.5 Å². The van der Waals surface area contributed by atoms with Crippen LogP contribution in [-0.4, -0.2) is 101 Å². The number of carbonyl (C=O) groups is 2. The van der Waals surface area contributed by atoms with Crippen LogP contribution in [0, 0.1) is 0 Å². The topological polar surface area (TPSA) is 173 Å².